The van der Waals surface area contributed by atoms with Gasteiger partial charge in [0.15, 0.2) is 0 Å². The molecule has 5 N–H and O–H groups in total. The van der Waals surface area contributed by atoms with E-state index in [0.29, 0.717) is 25.2 Å². The van der Waals surface area contributed by atoms with Gasteiger partial charge in [0.25, 0.3) is 0 Å². The second kappa shape index (κ2) is 9.43. The third-order valence-corrected chi connectivity index (χ3v) is 6.34. The number of amides is 2. The molecule has 2 atom stereocenters. The molecule has 33 heavy (non-hydrogen) atoms. The molecule has 2 heterocycles. The van der Waals surface area contributed by atoms with Crippen molar-refractivity contribution in [2.75, 3.05) is 13.6 Å². The molecule has 1 saturated heterocycles. The molecule has 9 heteroatoms. The minimum absolute atomic E-state index is 0.148. The molecule has 0 radical (unpaired) electrons. The highest BCUT2D eigenvalue weighted by Crippen LogP contribution is 2.29. The van der Waals surface area contributed by atoms with Crippen molar-refractivity contribution in [1.29, 1.82) is 0 Å². The number of benzene rings is 1. The summed E-state index contributed by atoms with van der Waals surface area (Å²) in [5, 5.41) is 4.05. The van der Waals surface area contributed by atoms with Crippen LogP contribution >= 0.6 is 0 Å². The van der Waals surface area contributed by atoms with Gasteiger partial charge >= 0.3 is 0 Å². The molecule has 2 amide bonds. The predicted molar refractivity (Wildman–Crippen MR) is 130 cm³/mol. The Morgan fingerprint density at radius 1 is 1.30 bits per heavy atom. The molecule has 1 aromatic heterocycles. The second-order valence-corrected chi connectivity index (χ2v) is 10.0. The number of fused-ring (bicyclic) bond motifs is 1. The average molecular weight is 456 g/mol. The van der Waals surface area contributed by atoms with Gasteiger partial charge in [0.1, 0.15) is 12.1 Å². The van der Waals surface area contributed by atoms with E-state index in [-0.39, 0.29) is 11.8 Å². The van der Waals surface area contributed by atoms with Gasteiger partial charge in [-0.3, -0.25) is 9.59 Å². The molecule has 9 nitrogen and oxygen atoms in total. The number of rotatable bonds is 6. The number of aromatic nitrogens is 2. The monoisotopic (exact) mass is 455 g/mol. The van der Waals surface area contributed by atoms with Gasteiger partial charge in [0.05, 0.1) is 23.9 Å². The summed E-state index contributed by atoms with van der Waals surface area (Å²) in [5.41, 5.74) is 10.7. The van der Waals surface area contributed by atoms with Crippen molar-refractivity contribution in [1.82, 2.24) is 24.8 Å². The number of nitrogens with zero attached hydrogens (tertiary/aromatic N) is 4. The number of hydrogen-bond donors (Lipinski definition) is 3. The lowest BCUT2D eigenvalue weighted by atomic mass is 9.85. The summed E-state index contributed by atoms with van der Waals surface area (Å²) in [6.45, 7) is 10.9. The third kappa shape index (κ3) is 5.13. The summed E-state index contributed by atoms with van der Waals surface area (Å²) >= 11 is 0. The zero-order valence-corrected chi connectivity index (χ0v) is 20.6. The van der Waals surface area contributed by atoms with E-state index in [1.807, 2.05) is 25.3 Å². The van der Waals surface area contributed by atoms with Crippen LogP contribution in [0.2, 0.25) is 0 Å². The third-order valence-electron chi connectivity index (χ3n) is 6.34. The van der Waals surface area contributed by atoms with Crippen molar-refractivity contribution in [3.8, 4) is 0 Å². The van der Waals surface area contributed by atoms with Gasteiger partial charge in [-0.1, -0.05) is 20.8 Å². The molecule has 180 valence electrons. The van der Waals surface area contributed by atoms with Crippen LogP contribution in [0.3, 0.4) is 0 Å². The number of nitrogens with one attached hydrogen (secondary N) is 1. The molecule has 0 bridgehead atoms. The number of carbonyl (C=O) groups excluding carboxylic acids is 2. The molecule has 1 fully saturated rings. The largest absolute Gasteiger partial charge is 0.399 e. The zero-order chi connectivity index (χ0) is 24.5. The number of imidazole rings is 1. The molecule has 1 unspecified atom stereocenters. The predicted octanol–water partition coefficient (Wildman–Crippen LogP) is 1.78. The molecule has 3 rings (SSSR count). The molecule has 1 aliphatic heterocycles. The van der Waals surface area contributed by atoms with E-state index in [0.717, 1.165) is 17.5 Å². The van der Waals surface area contributed by atoms with Gasteiger partial charge in [0, 0.05) is 25.5 Å². The number of allylic oxidation sites excluding steroid dienone is 1. The normalized spacial score (nSPS) is 18.0. The molecular formula is C24H37N7O2. The molecule has 1 aromatic carbocycles. The lowest BCUT2D eigenvalue weighted by Gasteiger charge is -2.39. The fourth-order valence-electron chi connectivity index (χ4n) is 4.51. The number of carbonyl (C=O) groups is 2. The first-order valence-electron chi connectivity index (χ1n) is 11.4. The summed E-state index contributed by atoms with van der Waals surface area (Å²) in [6.07, 6.45) is 4.81. The number of nitrogens with two attached hydrogens (primary N) is 2. The highest BCUT2D eigenvalue weighted by molar-refractivity contribution is 5.90. The Morgan fingerprint density at radius 3 is 2.61 bits per heavy atom. The Morgan fingerprint density at radius 2 is 1.97 bits per heavy atom. The molecule has 1 aliphatic rings. The van der Waals surface area contributed by atoms with E-state index in [9.17, 15) is 9.59 Å². The number of hydrazine groups is 1. The van der Waals surface area contributed by atoms with E-state index in [4.69, 9.17) is 11.6 Å². The molecule has 0 saturated carbocycles. The number of hydrogen-bond acceptors (Lipinski definition) is 6. The lowest BCUT2D eigenvalue weighted by molar-refractivity contribution is -0.145. The quantitative estimate of drug-likeness (QED) is 0.451. The first-order valence-corrected chi connectivity index (χ1v) is 11.4. The van der Waals surface area contributed by atoms with Crippen LogP contribution in [0.25, 0.3) is 11.0 Å². The molecular weight excluding hydrogens is 418 g/mol. The number of aryl methyl sites for hydroxylation is 2. The summed E-state index contributed by atoms with van der Waals surface area (Å²) in [5.74, 6) is 6.10. The Labute approximate surface area is 195 Å². The highest BCUT2D eigenvalue weighted by Gasteiger charge is 2.42. The fraction of sp³-hybridized carbons (Fsp3) is 0.542. The maximum atomic E-state index is 13.5. The van der Waals surface area contributed by atoms with Gasteiger partial charge in [-0.15, -0.1) is 0 Å². The smallest absolute Gasteiger partial charge is 0.248 e. The van der Waals surface area contributed by atoms with Crippen molar-refractivity contribution in [2.45, 2.75) is 66.1 Å². The Kier molecular flexibility index (Phi) is 7.02. The zero-order valence-electron chi connectivity index (χ0n) is 20.6. The van der Waals surface area contributed by atoms with Crippen LogP contribution in [0.15, 0.2) is 30.4 Å². The van der Waals surface area contributed by atoms with E-state index < -0.39 is 17.5 Å². The second-order valence-electron chi connectivity index (χ2n) is 10.0. The SMILES string of the molecule is CNC(=O)C1CCCN1C(=O)[C@@H](N(N)/C=C(\N)Cn1cnc2cc(C)c(C)cc21)C(C)(C)C. The molecule has 0 aliphatic carbocycles. The van der Waals surface area contributed by atoms with Gasteiger partial charge in [0.2, 0.25) is 11.8 Å². The summed E-state index contributed by atoms with van der Waals surface area (Å²) in [7, 11) is 1.59. The van der Waals surface area contributed by atoms with Crippen molar-refractivity contribution in [3.63, 3.8) is 0 Å². The van der Waals surface area contributed by atoms with Crippen LogP contribution in [0.1, 0.15) is 44.7 Å². The molecule has 2 aromatic rings. The lowest BCUT2D eigenvalue weighted by Crippen LogP contribution is -2.58. The van der Waals surface area contributed by atoms with E-state index in [2.05, 4.69) is 36.3 Å². The van der Waals surface area contributed by atoms with Crippen LogP contribution in [0.4, 0.5) is 0 Å². The molecule has 0 spiro atoms. The fourth-order valence-corrected chi connectivity index (χ4v) is 4.51. The standard InChI is InChI=1S/C24H37N7O2/c1-15-10-18-20(11-16(15)2)29(14-28-18)12-17(25)13-31(26)21(24(3,4)5)23(33)30-9-7-8-19(30)22(32)27-6/h10-11,13-14,19,21H,7-9,12,25-26H2,1-6H3,(H,27,32)/b17-13-/t19?,21-/m1/s1. The first-order chi connectivity index (χ1) is 15.4. The maximum absolute atomic E-state index is 13.5. The van der Waals surface area contributed by atoms with Gasteiger partial charge < -0.3 is 25.5 Å². The van der Waals surface area contributed by atoms with Crippen molar-refractivity contribution < 1.29 is 9.59 Å². The van der Waals surface area contributed by atoms with Crippen LogP contribution in [0.5, 0.6) is 0 Å². The van der Waals surface area contributed by atoms with E-state index in [1.54, 1.807) is 24.5 Å². The number of likely N-dealkylation sites (tertiary alicyclic amines) is 1. The van der Waals surface area contributed by atoms with Crippen LogP contribution in [-0.4, -0.2) is 57.0 Å². The number of likely N-dealkylation sites (N-methyl/N-ethyl adjacent to an activating group) is 1. The Hall–Kier alpha value is -3.07. The van der Waals surface area contributed by atoms with E-state index >= 15 is 0 Å². The van der Waals surface area contributed by atoms with Crippen LogP contribution in [0, 0.1) is 19.3 Å². The van der Waals surface area contributed by atoms with Crippen molar-refractivity contribution in [2.24, 2.45) is 17.0 Å². The van der Waals surface area contributed by atoms with Crippen molar-refractivity contribution >= 4 is 22.8 Å². The Balaban J connectivity index is 1.84. The topological polar surface area (TPSA) is 123 Å². The maximum Gasteiger partial charge on any atom is 0.248 e. The van der Waals surface area contributed by atoms with Gasteiger partial charge in [-0.05, 0) is 55.4 Å². The van der Waals surface area contributed by atoms with Crippen LogP contribution in [-0.2, 0) is 16.1 Å². The van der Waals surface area contributed by atoms with Gasteiger partial charge in [-0.25, -0.2) is 10.8 Å². The summed E-state index contributed by atoms with van der Waals surface area (Å²) in [6, 6.07) is 3.01. The summed E-state index contributed by atoms with van der Waals surface area (Å²) < 4.78 is 1.97. The van der Waals surface area contributed by atoms with Crippen LogP contribution < -0.4 is 16.9 Å². The highest BCUT2D eigenvalue weighted by atomic mass is 16.2. The minimum Gasteiger partial charge on any atom is -0.399 e. The first kappa shape index (κ1) is 24.6. The summed E-state index contributed by atoms with van der Waals surface area (Å²) in [4.78, 5) is 32.0. The Bertz CT molecular complexity index is 1070. The van der Waals surface area contributed by atoms with Crippen molar-refractivity contribution in [3.05, 3.63) is 41.5 Å². The average Bonchev–Trinajstić information content (AvgIpc) is 3.34. The minimum atomic E-state index is -0.675. The van der Waals surface area contributed by atoms with Gasteiger partial charge in [-0.2, -0.15) is 0 Å². The van der Waals surface area contributed by atoms with E-state index in [1.165, 1.54) is 16.1 Å².